The van der Waals surface area contributed by atoms with Gasteiger partial charge in [0.1, 0.15) is 5.75 Å². The molecular formula is C22H27NO6. The van der Waals surface area contributed by atoms with Crippen molar-refractivity contribution in [2.45, 2.75) is 50.5 Å². The molecule has 2 N–H and O–H groups in total. The Morgan fingerprint density at radius 2 is 1.83 bits per heavy atom. The van der Waals surface area contributed by atoms with Gasteiger partial charge in [0.05, 0.1) is 24.7 Å². The quantitative estimate of drug-likeness (QED) is 0.709. The van der Waals surface area contributed by atoms with E-state index in [-0.39, 0.29) is 17.4 Å². The van der Waals surface area contributed by atoms with Crippen LogP contribution in [0.4, 0.5) is 0 Å². The zero-order valence-electron chi connectivity index (χ0n) is 16.6. The number of para-hydroxylation sites is 1. The van der Waals surface area contributed by atoms with Gasteiger partial charge in [0.2, 0.25) is 0 Å². The maximum absolute atomic E-state index is 12.4. The van der Waals surface area contributed by atoms with Gasteiger partial charge < -0.3 is 14.6 Å². The van der Waals surface area contributed by atoms with E-state index in [0.29, 0.717) is 24.0 Å². The summed E-state index contributed by atoms with van der Waals surface area (Å²) in [5.74, 6) is -0.415. The molecule has 5 rings (SSSR count). The number of nitrogens with one attached hydrogen (secondary N) is 1. The van der Waals surface area contributed by atoms with E-state index in [1.54, 1.807) is 24.3 Å². The van der Waals surface area contributed by atoms with Gasteiger partial charge in [-0.25, -0.2) is 0 Å². The number of hydrogen-bond donors (Lipinski definition) is 2. The number of aliphatic hydroxyl groups is 1. The zero-order chi connectivity index (χ0) is 20.6. The van der Waals surface area contributed by atoms with Gasteiger partial charge in [-0.2, -0.15) is 0 Å². The van der Waals surface area contributed by atoms with Crippen molar-refractivity contribution in [3.05, 3.63) is 29.8 Å². The van der Waals surface area contributed by atoms with E-state index < -0.39 is 30.0 Å². The van der Waals surface area contributed by atoms with Crippen molar-refractivity contribution in [2.75, 3.05) is 13.7 Å². The van der Waals surface area contributed by atoms with Crippen LogP contribution in [0.15, 0.2) is 24.3 Å². The molecule has 4 atom stereocenters. The Kier molecular flexibility index (Phi) is 5.11. The minimum Gasteiger partial charge on any atom is -0.496 e. The third kappa shape index (κ3) is 4.15. The van der Waals surface area contributed by atoms with E-state index in [1.165, 1.54) is 7.11 Å². The number of carbonyl (C=O) groups excluding carboxylic acids is 3. The lowest BCUT2D eigenvalue weighted by atomic mass is 9.47. The average Bonchev–Trinajstić information content (AvgIpc) is 2.64. The molecule has 4 fully saturated rings. The molecule has 7 nitrogen and oxygen atoms in total. The number of carbonyl (C=O) groups is 3. The normalized spacial score (nSPS) is 31.9. The van der Waals surface area contributed by atoms with E-state index in [4.69, 9.17) is 9.47 Å². The predicted octanol–water partition coefficient (Wildman–Crippen LogP) is 2.22. The molecule has 156 valence electrons. The molecule has 0 aromatic heterocycles. The Morgan fingerprint density at radius 3 is 2.48 bits per heavy atom. The Hall–Kier alpha value is -2.41. The molecule has 4 aliphatic rings. The Morgan fingerprint density at radius 1 is 1.14 bits per heavy atom. The summed E-state index contributed by atoms with van der Waals surface area (Å²) in [6.45, 7) is -0.507. The fourth-order valence-corrected chi connectivity index (χ4v) is 6.17. The molecule has 29 heavy (non-hydrogen) atoms. The third-order valence-corrected chi connectivity index (χ3v) is 6.64. The van der Waals surface area contributed by atoms with Crippen molar-refractivity contribution in [3.63, 3.8) is 0 Å². The Labute approximate surface area is 169 Å². The highest BCUT2D eigenvalue weighted by Gasteiger charge is 2.57. The lowest BCUT2D eigenvalue weighted by molar-refractivity contribution is -0.177. The van der Waals surface area contributed by atoms with Gasteiger partial charge in [-0.3, -0.25) is 19.7 Å². The molecule has 0 aliphatic heterocycles. The first-order chi connectivity index (χ1) is 13.8. The number of ether oxygens (including phenoxy) is 2. The second kappa shape index (κ2) is 7.44. The second-order valence-corrected chi connectivity index (χ2v) is 9.10. The summed E-state index contributed by atoms with van der Waals surface area (Å²) in [6.07, 6.45) is 5.57. The molecule has 2 amide bonds. The number of amides is 2. The van der Waals surface area contributed by atoms with Crippen molar-refractivity contribution in [3.8, 4) is 5.75 Å². The van der Waals surface area contributed by atoms with Crippen LogP contribution in [0.25, 0.3) is 0 Å². The van der Waals surface area contributed by atoms with Crippen LogP contribution in [0.5, 0.6) is 5.75 Å². The predicted molar refractivity (Wildman–Crippen MR) is 103 cm³/mol. The topological polar surface area (TPSA) is 102 Å². The highest BCUT2D eigenvalue weighted by Crippen LogP contribution is 2.62. The summed E-state index contributed by atoms with van der Waals surface area (Å²) in [5, 5.41) is 13.0. The van der Waals surface area contributed by atoms with E-state index in [9.17, 15) is 19.5 Å². The van der Waals surface area contributed by atoms with Crippen LogP contribution >= 0.6 is 0 Å². The first-order valence-corrected chi connectivity index (χ1v) is 10.1. The molecule has 0 spiro atoms. The lowest BCUT2D eigenvalue weighted by Crippen LogP contribution is -2.56. The van der Waals surface area contributed by atoms with Gasteiger partial charge in [-0.15, -0.1) is 0 Å². The van der Waals surface area contributed by atoms with Crippen LogP contribution in [-0.2, 0) is 14.3 Å². The maximum atomic E-state index is 12.4. The van der Waals surface area contributed by atoms with Crippen molar-refractivity contribution < 1.29 is 29.0 Å². The number of rotatable bonds is 6. The molecule has 4 saturated carbocycles. The molecule has 4 aliphatic carbocycles. The summed E-state index contributed by atoms with van der Waals surface area (Å²) >= 11 is 0. The van der Waals surface area contributed by atoms with Crippen molar-refractivity contribution in [2.24, 2.45) is 17.3 Å². The molecule has 2 unspecified atom stereocenters. The van der Waals surface area contributed by atoms with Crippen molar-refractivity contribution in [1.29, 1.82) is 0 Å². The summed E-state index contributed by atoms with van der Waals surface area (Å²) in [4.78, 5) is 36.7. The Bertz CT molecular complexity index is 820. The van der Waals surface area contributed by atoms with Gasteiger partial charge in [0.15, 0.2) is 6.61 Å². The SMILES string of the molecule is COc1ccccc1C(=O)NC(=O)COC(=O)CC12C[C@@H]3C[C@@H](CC(O)(C3)C1)C2. The van der Waals surface area contributed by atoms with Gasteiger partial charge in [-0.05, 0) is 67.9 Å². The summed E-state index contributed by atoms with van der Waals surface area (Å²) < 4.78 is 10.3. The standard InChI is InChI=1S/C22H27NO6/c1-28-17-5-3-2-4-16(17)20(26)23-18(24)12-29-19(25)11-21-7-14-6-15(8-21)10-22(27,9-14)13-21/h2-5,14-15,27H,6-13H2,1H3,(H,23,24,26)/t14-,15+,21?,22?. The highest BCUT2D eigenvalue weighted by atomic mass is 16.5. The molecule has 0 radical (unpaired) electrons. The van der Waals surface area contributed by atoms with Gasteiger partial charge >= 0.3 is 5.97 Å². The number of methoxy groups -OCH3 is 1. The molecule has 7 heteroatoms. The van der Waals surface area contributed by atoms with Crippen LogP contribution in [-0.4, -0.2) is 42.2 Å². The number of esters is 1. The zero-order valence-corrected chi connectivity index (χ0v) is 16.6. The van der Waals surface area contributed by atoms with Crippen molar-refractivity contribution >= 4 is 17.8 Å². The lowest BCUT2D eigenvalue weighted by Gasteiger charge is -2.60. The first kappa shape index (κ1) is 19.9. The van der Waals surface area contributed by atoms with Crippen molar-refractivity contribution in [1.82, 2.24) is 5.32 Å². The summed E-state index contributed by atoms with van der Waals surface area (Å²) in [5.41, 5.74) is -0.612. The van der Waals surface area contributed by atoms with Crippen LogP contribution < -0.4 is 10.1 Å². The van der Waals surface area contributed by atoms with Crippen LogP contribution in [0.1, 0.15) is 55.3 Å². The highest BCUT2D eigenvalue weighted by molar-refractivity contribution is 6.06. The minimum atomic E-state index is -0.682. The summed E-state index contributed by atoms with van der Waals surface area (Å²) in [7, 11) is 1.44. The van der Waals surface area contributed by atoms with E-state index in [0.717, 1.165) is 32.1 Å². The van der Waals surface area contributed by atoms with Gasteiger partial charge in [0.25, 0.3) is 11.8 Å². The number of hydrogen-bond acceptors (Lipinski definition) is 6. The van der Waals surface area contributed by atoms with Crippen LogP contribution in [0, 0.1) is 17.3 Å². The third-order valence-electron chi connectivity index (χ3n) is 6.64. The van der Waals surface area contributed by atoms with E-state index >= 15 is 0 Å². The smallest absolute Gasteiger partial charge is 0.306 e. The molecule has 1 aromatic rings. The second-order valence-electron chi connectivity index (χ2n) is 9.10. The minimum absolute atomic E-state index is 0.209. The van der Waals surface area contributed by atoms with E-state index in [1.807, 2.05) is 0 Å². The number of benzene rings is 1. The molecule has 1 aromatic carbocycles. The molecule has 0 heterocycles. The first-order valence-electron chi connectivity index (χ1n) is 10.1. The maximum Gasteiger partial charge on any atom is 0.306 e. The van der Waals surface area contributed by atoms with Crippen LogP contribution in [0.2, 0.25) is 0 Å². The largest absolute Gasteiger partial charge is 0.496 e. The fraction of sp³-hybridized carbons (Fsp3) is 0.591. The summed E-state index contributed by atoms with van der Waals surface area (Å²) in [6, 6.07) is 6.56. The molecule has 0 saturated heterocycles. The Balaban J connectivity index is 1.29. The van der Waals surface area contributed by atoms with E-state index in [2.05, 4.69) is 5.32 Å². The van der Waals surface area contributed by atoms with Gasteiger partial charge in [-0.1, -0.05) is 12.1 Å². The fourth-order valence-electron chi connectivity index (χ4n) is 6.17. The van der Waals surface area contributed by atoms with Gasteiger partial charge in [0, 0.05) is 0 Å². The number of imide groups is 1. The molecule has 4 bridgehead atoms. The van der Waals surface area contributed by atoms with Crippen LogP contribution in [0.3, 0.4) is 0 Å². The molecular weight excluding hydrogens is 374 g/mol. The monoisotopic (exact) mass is 401 g/mol. The average molecular weight is 401 g/mol.